The summed E-state index contributed by atoms with van der Waals surface area (Å²) in [5, 5.41) is 7.76. The Kier molecular flexibility index (Phi) is 5.09. The average molecular weight is 390 g/mol. The number of amides is 2. The van der Waals surface area contributed by atoms with Gasteiger partial charge in [0.05, 0.1) is 17.8 Å². The Morgan fingerprint density at radius 2 is 1.86 bits per heavy atom. The van der Waals surface area contributed by atoms with Crippen LogP contribution < -0.4 is 5.32 Å². The number of nitrogens with zero attached hydrogens (tertiary/aromatic N) is 4. The van der Waals surface area contributed by atoms with Crippen molar-refractivity contribution in [3.8, 4) is 0 Å². The Hall–Kier alpha value is -3.15. The van der Waals surface area contributed by atoms with Crippen LogP contribution in [0.25, 0.3) is 0 Å². The summed E-state index contributed by atoms with van der Waals surface area (Å²) in [7, 11) is 0. The SMILES string of the molecule is Cc1cc(C)n(C2CN(C(=O)NC(c3cccnc3)c3ccc(C)c(C)c3)C2)n1. The topological polar surface area (TPSA) is 63.1 Å². The maximum Gasteiger partial charge on any atom is 0.318 e. The summed E-state index contributed by atoms with van der Waals surface area (Å²) in [6.45, 7) is 9.57. The van der Waals surface area contributed by atoms with Crippen LogP contribution in [0.2, 0.25) is 0 Å². The highest BCUT2D eigenvalue weighted by molar-refractivity contribution is 5.76. The van der Waals surface area contributed by atoms with E-state index in [2.05, 4.69) is 60.4 Å². The van der Waals surface area contributed by atoms with Crippen molar-refractivity contribution < 1.29 is 4.79 Å². The summed E-state index contributed by atoms with van der Waals surface area (Å²) in [5.74, 6) is 0. The molecule has 0 aliphatic carbocycles. The van der Waals surface area contributed by atoms with Crippen molar-refractivity contribution in [2.24, 2.45) is 0 Å². The van der Waals surface area contributed by atoms with Crippen molar-refractivity contribution in [1.29, 1.82) is 0 Å². The molecule has 1 fully saturated rings. The molecule has 1 aliphatic heterocycles. The predicted molar refractivity (Wildman–Crippen MR) is 113 cm³/mol. The molecule has 6 nitrogen and oxygen atoms in total. The molecule has 0 spiro atoms. The van der Waals surface area contributed by atoms with Gasteiger partial charge >= 0.3 is 6.03 Å². The van der Waals surface area contributed by atoms with E-state index in [0.29, 0.717) is 13.1 Å². The number of pyridine rings is 1. The van der Waals surface area contributed by atoms with Crippen molar-refractivity contribution in [3.05, 3.63) is 82.4 Å². The summed E-state index contributed by atoms with van der Waals surface area (Å²) in [6.07, 6.45) is 3.56. The van der Waals surface area contributed by atoms with Crippen molar-refractivity contribution >= 4 is 6.03 Å². The number of urea groups is 1. The molecule has 4 rings (SSSR count). The van der Waals surface area contributed by atoms with Gasteiger partial charge in [0.1, 0.15) is 0 Å². The van der Waals surface area contributed by atoms with Crippen LogP contribution in [0, 0.1) is 27.7 Å². The van der Waals surface area contributed by atoms with Gasteiger partial charge in [-0.05, 0) is 62.1 Å². The molecule has 150 valence electrons. The third kappa shape index (κ3) is 3.88. The molecule has 2 amide bonds. The summed E-state index contributed by atoms with van der Waals surface area (Å²) in [6, 6.07) is 12.2. The standard InChI is InChI=1S/C23H27N5O/c1-15-7-8-19(10-16(15)2)22(20-6-5-9-24-12-20)25-23(29)27-13-21(14-27)28-18(4)11-17(3)26-28/h5-12,21-22H,13-14H2,1-4H3,(H,25,29). The molecular formula is C23H27N5O. The van der Waals surface area contributed by atoms with Crippen molar-refractivity contribution in [2.45, 2.75) is 39.8 Å². The zero-order chi connectivity index (χ0) is 20.5. The molecule has 2 aromatic heterocycles. The van der Waals surface area contributed by atoms with Gasteiger partial charge in [0, 0.05) is 31.2 Å². The number of benzene rings is 1. The zero-order valence-electron chi connectivity index (χ0n) is 17.4. The summed E-state index contributed by atoms with van der Waals surface area (Å²) in [4.78, 5) is 19.0. The molecule has 1 N–H and O–H groups in total. The van der Waals surface area contributed by atoms with Gasteiger partial charge in [0.2, 0.25) is 0 Å². The smallest absolute Gasteiger partial charge is 0.318 e. The third-order valence-corrected chi connectivity index (χ3v) is 5.69. The number of hydrogen-bond acceptors (Lipinski definition) is 3. The van der Waals surface area contributed by atoms with E-state index < -0.39 is 0 Å². The van der Waals surface area contributed by atoms with Gasteiger partial charge in [-0.25, -0.2) is 4.79 Å². The largest absolute Gasteiger partial charge is 0.327 e. The Bertz CT molecular complexity index is 1020. The molecule has 1 aliphatic rings. The number of rotatable bonds is 4. The highest BCUT2D eigenvalue weighted by Crippen LogP contribution is 2.27. The monoisotopic (exact) mass is 389 g/mol. The van der Waals surface area contributed by atoms with Gasteiger partial charge < -0.3 is 10.2 Å². The molecule has 1 atom stereocenters. The van der Waals surface area contributed by atoms with E-state index in [1.54, 1.807) is 6.20 Å². The number of likely N-dealkylation sites (tertiary alicyclic amines) is 1. The first kappa shape index (κ1) is 19.2. The minimum Gasteiger partial charge on any atom is -0.327 e. The molecule has 0 bridgehead atoms. The van der Waals surface area contributed by atoms with Crippen LogP contribution in [0.15, 0.2) is 48.8 Å². The second-order valence-corrected chi connectivity index (χ2v) is 7.94. The lowest BCUT2D eigenvalue weighted by Gasteiger charge is -2.40. The van der Waals surface area contributed by atoms with Crippen LogP contribution in [0.5, 0.6) is 0 Å². The van der Waals surface area contributed by atoms with E-state index in [1.807, 2.05) is 34.8 Å². The molecule has 3 aromatic rings. The van der Waals surface area contributed by atoms with Crippen LogP contribution in [0.1, 0.15) is 45.7 Å². The average Bonchev–Trinajstić information content (AvgIpc) is 2.99. The second-order valence-electron chi connectivity index (χ2n) is 7.94. The molecule has 0 saturated carbocycles. The lowest BCUT2D eigenvalue weighted by molar-refractivity contribution is 0.115. The minimum atomic E-state index is -0.233. The minimum absolute atomic E-state index is 0.0603. The van der Waals surface area contributed by atoms with E-state index in [0.717, 1.165) is 22.5 Å². The zero-order valence-corrected chi connectivity index (χ0v) is 17.4. The molecule has 1 saturated heterocycles. The molecule has 0 radical (unpaired) electrons. The fraction of sp³-hybridized carbons (Fsp3) is 0.348. The number of nitrogens with one attached hydrogen (secondary N) is 1. The molecule has 29 heavy (non-hydrogen) atoms. The Morgan fingerprint density at radius 1 is 1.07 bits per heavy atom. The Morgan fingerprint density at radius 3 is 2.48 bits per heavy atom. The van der Waals surface area contributed by atoms with E-state index in [1.165, 1.54) is 11.1 Å². The number of aryl methyl sites for hydroxylation is 4. The first-order valence-electron chi connectivity index (χ1n) is 9.97. The fourth-order valence-corrected chi connectivity index (χ4v) is 3.86. The highest BCUT2D eigenvalue weighted by atomic mass is 16.2. The van der Waals surface area contributed by atoms with Crippen molar-refractivity contribution in [2.75, 3.05) is 13.1 Å². The second kappa shape index (κ2) is 7.70. The van der Waals surface area contributed by atoms with Gasteiger partial charge in [0.25, 0.3) is 0 Å². The first-order chi connectivity index (χ1) is 13.9. The van der Waals surface area contributed by atoms with Gasteiger partial charge in [0.15, 0.2) is 0 Å². The maximum absolute atomic E-state index is 13.0. The third-order valence-electron chi connectivity index (χ3n) is 5.69. The maximum atomic E-state index is 13.0. The van der Waals surface area contributed by atoms with Gasteiger partial charge in [-0.2, -0.15) is 5.10 Å². The molecule has 1 unspecified atom stereocenters. The number of carbonyl (C=O) groups excluding carboxylic acids is 1. The first-order valence-corrected chi connectivity index (χ1v) is 9.97. The summed E-state index contributed by atoms with van der Waals surface area (Å²) in [5.41, 5.74) is 6.62. The van der Waals surface area contributed by atoms with E-state index in [4.69, 9.17) is 0 Å². The predicted octanol–water partition coefficient (Wildman–Crippen LogP) is 3.87. The van der Waals surface area contributed by atoms with Crippen molar-refractivity contribution in [3.63, 3.8) is 0 Å². The molecular weight excluding hydrogens is 362 g/mol. The lowest BCUT2D eigenvalue weighted by Crippen LogP contribution is -2.55. The fourth-order valence-electron chi connectivity index (χ4n) is 3.86. The molecule has 6 heteroatoms. The van der Waals surface area contributed by atoms with E-state index in [-0.39, 0.29) is 18.1 Å². The van der Waals surface area contributed by atoms with Crippen LogP contribution in [0.3, 0.4) is 0 Å². The number of aromatic nitrogens is 3. The highest BCUT2D eigenvalue weighted by Gasteiger charge is 2.34. The van der Waals surface area contributed by atoms with E-state index >= 15 is 0 Å². The van der Waals surface area contributed by atoms with Crippen molar-refractivity contribution in [1.82, 2.24) is 25.0 Å². The van der Waals surface area contributed by atoms with Gasteiger partial charge in [-0.15, -0.1) is 0 Å². The van der Waals surface area contributed by atoms with Gasteiger partial charge in [-0.3, -0.25) is 9.67 Å². The lowest BCUT2D eigenvalue weighted by atomic mass is 9.96. The van der Waals surface area contributed by atoms with Crippen LogP contribution >= 0.6 is 0 Å². The normalized spacial score (nSPS) is 15.1. The number of hydrogen-bond donors (Lipinski definition) is 1. The van der Waals surface area contributed by atoms with Crippen LogP contribution in [0.4, 0.5) is 4.79 Å². The summed E-state index contributed by atoms with van der Waals surface area (Å²) >= 11 is 0. The van der Waals surface area contributed by atoms with E-state index in [9.17, 15) is 4.79 Å². The molecule has 1 aromatic carbocycles. The summed E-state index contributed by atoms with van der Waals surface area (Å²) < 4.78 is 2.03. The molecule has 3 heterocycles. The van der Waals surface area contributed by atoms with Crippen LogP contribution in [-0.2, 0) is 0 Å². The Labute approximate surface area is 171 Å². The van der Waals surface area contributed by atoms with Gasteiger partial charge in [-0.1, -0.05) is 24.3 Å². The van der Waals surface area contributed by atoms with Crippen LogP contribution in [-0.4, -0.2) is 38.8 Å². The quantitative estimate of drug-likeness (QED) is 0.737. The number of carbonyl (C=O) groups is 1. The Balaban J connectivity index is 1.50.